The smallest absolute Gasteiger partial charge is 0.237 e. The number of fused-ring (bicyclic) bond motifs is 1. The lowest BCUT2D eigenvalue weighted by atomic mass is 10.2. The summed E-state index contributed by atoms with van der Waals surface area (Å²) in [7, 11) is -3.79. The van der Waals surface area contributed by atoms with Crippen molar-refractivity contribution in [1.29, 1.82) is 0 Å². The Labute approximate surface area is 165 Å². The van der Waals surface area contributed by atoms with Gasteiger partial charge in [-0.15, -0.1) is 0 Å². The Bertz CT molecular complexity index is 1250. The molecule has 0 saturated heterocycles. The predicted octanol–water partition coefficient (Wildman–Crippen LogP) is 4.35. The lowest BCUT2D eigenvalue weighted by Crippen LogP contribution is -2.12. The Balaban J connectivity index is 1.92. The second-order valence-electron chi connectivity index (χ2n) is 5.86. The molecular weight excluding hydrogens is 407 g/mol. The molecule has 3 heterocycles. The molecular formula is C18H12Cl2N4O2S. The summed E-state index contributed by atoms with van der Waals surface area (Å²) in [5.74, 6) is 0.297. The monoisotopic (exact) mass is 418 g/mol. The molecule has 136 valence electrons. The van der Waals surface area contributed by atoms with E-state index in [0.717, 1.165) is 9.54 Å². The summed E-state index contributed by atoms with van der Waals surface area (Å²) in [5, 5.41) is 0.967. The molecule has 9 heteroatoms. The zero-order valence-electron chi connectivity index (χ0n) is 14.0. The van der Waals surface area contributed by atoms with E-state index in [-0.39, 0.29) is 20.8 Å². The Morgan fingerprint density at radius 3 is 2.30 bits per heavy atom. The molecule has 0 aliphatic rings. The number of benzene rings is 1. The Kier molecular flexibility index (Phi) is 4.38. The quantitative estimate of drug-likeness (QED) is 0.462. The van der Waals surface area contributed by atoms with Crippen LogP contribution >= 0.6 is 23.2 Å². The van der Waals surface area contributed by atoms with E-state index < -0.39 is 10.0 Å². The number of nitrogens with zero attached hydrogens (tertiary/aromatic N) is 4. The first-order valence-corrected chi connectivity index (χ1v) is 10.0. The van der Waals surface area contributed by atoms with Crippen LogP contribution in [0.3, 0.4) is 0 Å². The minimum Gasteiger partial charge on any atom is -0.237 e. The number of aryl methyl sites for hydroxylation is 1. The van der Waals surface area contributed by atoms with E-state index in [1.165, 1.54) is 18.5 Å². The van der Waals surface area contributed by atoms with Crippen molar-refractivity contribution in [2.75, 3.05) is 0 Å². The van der Waals surface area contributed by atoms with Gasteiger partial charge in [0, 0.05) is 29.4 Å². The SMILES string of the molecule is Cc1ccc(S(=O)(=O)n2ccc3c(-c4nc(Cl)cc(Cl)n4)ccnc32)cc1. The molecule has 3 aromatic heterocycles. The first-order valence-electron chi connectivity index (χ1n) is 7.85. The fourth-order valence-corrected chi connectivity index (χ4v) is 4.46. The van der Waals surface area contributed by atoms with E-state index in [1.807, 2.05) is 6.92 Å². The molecule has 0 unspecified atom stereocenters. The van der Waals surface area contributed by atoms with Crippen molar-refractivity contribution < 1.29 is 8.42 Å². The summed E-state index contributed by atoms with van der Waals surface area (Å²) in [6.07, 6.45) is 2.96. The molecule has 0 bridgehead atoms. The zero-order chi connectivity index (χ0) is 19.2. The lowest BCUT2D eigenvalue weighted by Gasteiger charge is -2.08. The maximum absolute atomic E-state index is 13.0. The van der Waals surface area contributed by atoms with E-state index in [2.05, 4.69) is 15.0 Å². The fourth-order valence-electron chi connectivity index (χ4n) is 2.74. The van der Waals surface area contributed by atoms with Crippen molar-refractivity contribution >= 4 is 44.3 Å². The number of halogens is 2. The molecule has 0 aliphatic carbocycles. The highest BCUT2D eigenvalue weighted by Gasteiger charge is 2.21. The molecule has 4 rings (SSSR count). The summed E-state index contributed by atoms with van der Waals surface area (Å²) in [5.41, 5.74) is 1.83. The van der Waals surface area contributed by atoms with Gasteiger partial charge in [-0.25, -0.2) is 27.3 Å². The zero-order valence-corrected chi connectivity index (χ0v) is 16.3. The van der Waals surface area contributed by atoms with Crippen LogP contribution in [0.4, 0.5) is 0 Å². The third kappa shape index (κ3) is 3.18. The maximum Gasteiger partial charge on any atom is 0.269 e. The topological polar surface area (TPSA) is 77.7 Å². The van der Waals surface area contributed by atoms with Crippen molar-refractivity contribution in [3.8, 4) is 11.4 Å². The second-order valence-corrected chi connectivity index (χ2v) is 8.45. The van der Waals surface area contributed by atoms with Gasteiger partial charge in [0.2, 0.25) is 0 Å². The molecule has 1 aromatic carbocycles. The maximum atomic E-state index is 13.0. The summed E-state index contributed by atoms with van der Waals surface area (Å²) in [6, 6.07) is 11.4. The van der Waals surface area contributed by atoms with Crippen molar-refractivity contribution in [2.24, 2.45) is 0 Å². The van der Waals surface area contributed by atoms with E-state index in [1.54, 1.807) is 36.4 Å². The lowest BCUT2D eigenvalue weighted by molar-refractivity contribution is 0.588. The molecule has 0 N–H and O–H groups in total. The Hall–Kier alpha value is -2.48. The summed E-state index contributed by atoms with van der Waals surface area (Å²) < 4.78 is 27.2. The summed E-state index contributed by atoms with van der Waals surface area (Å²) >= 11 is 11.9. The Morgan fingerprint density at radius 2 is 1.63 bits per heavy atom. The van der Waals surface area contributed by atoms with Crippen LogP contribution in [0.5, 0.6) is 0 Å². The predicted molar refractivity (Wildman–Crippen MR) is 105 cm³/mol. The second kappa shape index (κ2) is 6.60. The van der Waals surface area contributed by atoms with Crippen LogP contribution in [0.15, 0.2) is 59.8 Å². The van der Waals surface area contributed by atoms with Gasteiger partial charge < -0.3 is 0 Å². The normalized spacial score (nSPS) is 11.8. The number of aromatic nitrogens is 4. The first kappa shape index (κ1) is 17.9. The minimum atomic E-state index is -3.79. The van der Waals surface area contributed by atoms with Gasteiger partial charge in [-0.2, -0.15) is 0 Å². The molecule has 0 spiro atoms. The van der Waals surface area contributed by atoms with Gasteiger partial charge in [0.1, 0.15) is 10.3 Å². The van der Waals surface area contributed by atoms with Gasteiger partial charge in [0.05, 0.1) is 4.90 Å². The van der Waals surface area contributed by atoms with Gasteiger partial charge in [-0.1, -0.05) is 40.9 Å². The molecule has 27 heavy (non-hydrogen) atoms. The van der Waals surface area contributed by atoms with E-state index in [0.29, 0.717) is 16.8 Å². The van der Waals surface area contributed by atoms with Gasteiger partial charge in [0.25, 0.3) is 10.0 Å². The average molecular weight is 419 g/mol. The summed E-state index contributed by atoms with van der Waals surface area (Å²) in [6.45, 7) is 1.89. The van der Waals surface area contributed by atoms with E-state index in [4.69, 9.17) is 23.2 Å². The van der Waals surface area contributed by atoms with Crippen LogP contribution in [0.1, 0.15) is 5.56 Å². The number of rotatable bonds is 3. The largest absolute Gasteiger partial charge is 0.269 e. The molecule has 0 amide bonds. The fraction of sp³-hybridized carbons (Fsp3) is 0.0556. The average Bonchev–Trinajstić information content (AvgIpc) is 3.06. The molecule has 0 saturated carbocycles. The molecule has 4 aromatic rings. The highest BCUT2D eigenvalue weighted by molar-refractivity contribution is 7.90. The Morgan fingerprint density at radius 1 is 0.963 bits per heavy atom. The van der Waals surface area contributed by atoms with Crippen molar-refractivity contribution in [1.82, 2.24) is 18.9 Å². The third-order valence-electron chi connectivity index (χ3n) is 4.04. The van der Waals surface area contributed by atoms with Gasteiger partial charge in [-0.3, -0.25) is 0 Å². The molecule has 6 nitrogen and oxygen atoms in total. The highest BCUT2D eigenvalue weighted by atomic mass is 35.5. The van der Waals surface area contributed by atoms with Crippen molar-refractivity contribution in [2.45, 2.75) is 11.8 Å². The first-order chi connectivity index (χ1) is 12.9. The number of hydrogen-bond acceptors (Lipinski definition) is 5. The van der Waals surface area contributed by atoms with Crippen molar-refractivity contribution in [3.05, 3.63) is 70.7 Å². The van der Waals surface area contributed by atoms with Crippen LogP contribution < -0.4 is 0 Å². The van der Waals surface area contributed by atoms with Crippen LogP contribution in [0, 0.1) is 6.92 Å². The van der Waals surface area contributed by atoms with Crippen LogP contribution in [-0.4, -0.2) is 27.3 Å². The third-order valence-corrected chi connectivity index (χ3v) is 6.10. The molecule has 0 radical (unpaired) electrons. The van der Waals surface area contributed by atoms with Gasteiger partial charge in [0.15, 0.2) is 11.5 Å². The van der Waals surface area contributed by atoms with Crippen molar-refractivity contribution in [3.63, 3.8) is 0 Å². The number of pyridine rings is 1. The minimum absolute atomic E-state index is 0.180. The van der Waals surface area contributed by atoms with Crippen LogP contribution in [-0.2, 0) is 10.0 Å². The van der Waals surface area contributed by atoms with Crippen LogP contribution in [0.25, 0.3) is 22.4 Å². The van der Waals surface area contributed by atoms with Crippen LogP contribution in [0.2, 0.25) is 10.3 Å². The highest BCUT2D eigenvalue weighted by Crippen LogP contribution is 2.29. The molecule has 0 aliphatic heterocycles. The molecule has 0 atom stereocenters. The van der Waals surface area contributed by atoms with E-state index >= 15 is 0 Å². The van der Waals surface area contributed by atoms with E-state index in [9.17, 15) is 8.42 Å². The molecule has 0 fully saturated rings. The summed E-state index contributed by atoms with van der Waals surface area (Å²) in [4.78, 5) is 12.8. The van der Waals surface area contributed by atoms with Gasteiger partial charge in [-0.05, 0) is 31.2 Å². The van der Waals surface area contributed by atoms with Gasteiger partial charge >= 0.3 is 0 Å². The standard InChI is InChI=1S/C18H12Cl2N4O2S/c1-11-2-4-12(5-3-11)27(25,26)24-9-7-14-13(6-8-21-18(14)24)17-22-15(19)10-16(20)23-17/h2-10H,1H3. The number of hydrogen-bond donors (Lipinski definition) is 0.